The minimum atomic E-state index is -0.277. The lowest BCUT2D eigenvalue weighted by molar-refractivity contribution is -0.143. The van der Waals surface area contributed by atoms with E-state index >= 15 is 0 Å². The predicted molar refractivity (Wildman–Crippen MR) is 346 cm³/mol. The van der Waals surface area contributed by atoms with Gasteiger partial charge in [0.1, 0.15) is 43.3 Å². The van der Waals surface area contributed by atoms with E-state index in [1.54, 1.807) is 32.0 Å². The van der Waals surface area contributed by atoms with Gasteiger partial charge in [-0.05, 0) is 101 Å². The van der Waals surface area contributed by atoms with Crippen LogP contribution in [0.5, 0.6) is 0 Å². The van der Waals surface area contributed by atoms with Crippen molar-refractivity contribution in [2.75, 3.05) is 98.0 Å². The van der Waals surface area contributed by atoms with Crippen LogP contribution in [0, 0.1) is 0 Å². The highest BCUT2D eigenvalue weighted by Crippen LogP contribution is 2.45. The van der Waals surface area contributed by atoms with Gasteiger partial charge in [0, 0.05) is 66.0 Å². The maximum atomic E-state index is 12.6. The number of hydrogen-bond acceptors (Lipinski definition) is 28. The molecule has 8 N–H and O–H groups in total. The molecule has 0 spiro atoms. The normalized spacial score (nSPS) is 16.0. The minimum Gasteiger partial charge on any atom is -0.466 e. The van der Waals surface area contributed by atoms with E-state index in [0.29, 0.717) is 68.5 Å². The van der Waals surface area contributed by atoms with Gasteiger partial charge in [0.05, 0.1) is 61.7 Å². The fourth-order valence-electron chi connectivity index (χ4n) is 9.42. The lowest BCUT2D eigenvalue weighted by Gasteiger charge is -2.25. The zero-order chi connectivity index (χ0) is 63.1. The highest BCUT2D eigenvalue weighted by Gasteiger charge is 2.31. The van der Waals surface area contributed by atoms with Crippen molar-refractivity contribution in [1.29, 1.82) is 0 Å². The van der Waals surface area contributed by atoms with Crippen LogP contribution in [0.3, 0.4) is 0 Å². The molecule has 8 aromatic rings. The van der Waals surface area contributed by atoms with Crippen molar-refractivity contribution >= 4 is 113 Å². The third kappa shape index (κ3) is 21.4. The van der Waals surface area contributed by atoms with Crippen molar-refractivity contribution in [1.82, 2.24) is 60.7 Å². The summed E-state index contributed by atoms with van der Waals surface area (Å²) >= 11 is 5.83. The van der Waals surface area contributed by atoms with Crippen molar-refractivity contribution in [2.45, 2.75) is 115 Å². The summed E-state index contributed by atoms with van der Waals surface area (Å²) in [5.41, 5.74) is 19.5. The first-order valence-electron chi connectivity index (χ1n) is 28.7. The first-order valence-corrected chi connectivity index (χ1v) is 31.9. The van der Waals surface area contributed by atoms with E-state index in [9.17, 15) is 19.2 Å². The number of esters is 2. The molecule has 8 aromatic heterocycles. The average Bonchev–Trinajstić information content (AvgIpc) is 3.58. The van der Waals surface area contributed by atoms with Gasteiger partial charge in [-0.3, -0.25) is 19.2 Å². The van der Waals surface area contributed by atoms with Gasteiger partial charge >= 0.3 is 11.9 Å². The summed E-state index contributed by atoms with van der Waals surface area (Å²) in [4.78, 5) is 70.5. The van der Waals surface area contributed by atoms with Gasteiger partial charge in [-0.1, -0.05) is 82.5 Å². The number of amides is 2. The molecule has 2 aliphatic rings. The number of nitrogens with zero attached hydrogens (tertiary/aromatic N) is 15. The van der Waals surface area contributed by atoms with Crippen molar-refractivity contribution in [3.8, 4) is 0 Å². The molecule has 0 unspecified atom stereocenters. The van der Waals surface area contributed by atoms with Crippen LogP contribution in [-0.2, 0) is 54.3 Å². The van der Waals surface area contributed by atoms with Crippen molar-refractivity contribution in [2.24, 2.45) is 0 Å². The van der Waals surface area contributed by atoms with E-state index in [2.05, 4.69) is 71.4 Å². The highest BCUT2D eigenvalue weighted by molar-refractivity contribution is 7.16. The number of rotatable bonds is 19. The van der Waals surface area contributed by atoms with Gasteiger partial charge < -0.3 is 52.0 Å². The molecule has 2 aliphatic carbocycles. The van der Waals surface area contributed by atoms with E-state index < -0.39 is 0 Å². The Morgan fingerprint density at radius 1 is 0.455 bits per heavy atom. The number of hydrogen-bond donors (Lipinski definition) is 5. The van der Waals surface area contributed by atoms with Crippen molar-refractivity contribution in [3.63, 3.8) is 0 Å². The number of carbonyl (C=O) groups excluding carboxylic acids is 4. The zero-order valence-corrected chi connectivity index (χ0v) is 53.9. The van der Waals surface area contributed by atoms with Crippen molar-refractivity contribution in [3.05, 3.63) is 116 Å². The molecule has 2 amide bonds. The van der Waals surface area contributed by atoms with E-state index in [1.165, 1.54) is 51.8 Å². The molecule has 0 aliphatic heterocycles. The number of nitrogens with one attached hydrogen (secondary N) is 2. The topological polar surface area (TPSA) is 353 Å². The Bertz CT molecular complexity index is 3360. The molecule has 8 heterocycles. The SMILES string of the molecule is CCOC(=O)Cc1cccc(N(C)C)n1.CCOC(=O)Cc1cccc(N)n1.CN(C)c1cccc(CC(=O)Nc2nnc([C@H]3CCC[C@H](c4nnc(NC(=O)Cc5cccc(N(C)C)n5)s4)C3)s2)n1.Nc1nnc([C@H]2CCC[C@H](c3nnc(N)s3)C2)s1. The molecule has 10 rings (SSSR count). The quantitative estimate of drug-likeness (QED) is 0.0477. The molecular formula is C58H76N20O6S4. The summed E-state index contributed by atoms with van der Waals surface area (Å²) in [6, 6.07) is 22.1. The first-order chi connectivity index (χ1) is 42.3. The fraction of sp³-hybridized carbons (Fsp3) is 0.448. The minimum absolute atomic E-state index is 0.164. The summed E-state index contributed by atoms with van der Waals surface area (Å²) in [7, 11) is 11.5. The molecule has 30 heteroatoms. The number of nitrogen functional groups attached to an aromatic ring is 3. The first kappa shape index (κ1) is 67.0. The van der Waals surface area contributed by atoms with Crippen LogP contribution in [0.1, 0.15) is 132 Å². The third-order valence-electron chi connectivity index (χ3n) is 13.6. The number of nitrogens with two attached hydrogens (primary N) is 3. The van der Waals surface area contributed by atoms with Crippen LogP contribution in [0.2, 0.25) is 0 Å². The molecule has 0 radical (unpaired) electrons. The molecule has 0 bridgehead atoms. The molecule has 26 nitrogen and oxygen atoms in total. The summed E-state index contributed by atoms with van der Waals surface area (Å²) < 4.78 is 9.62. The number of aromatic nitrogens is 12. The Kier molecular flexibility index (Phi) is 25.6. The molecule has 468 valence electrons. The van der Waals surface area contributed by atoms with Crippen molar-refractivity contribution < 1.29 is 28.7 Å². The molecule has 0 saturated heterocycles. The fourth-order valence-corrected chi connectivity index (χ4v) is 12.7. The second-order valence-corrected chi connectivity index (χ2v) is 25.2. The molecule has 4 atom stereocenters. The Morgan fingerprint density at radius 3 is 1.11 bits per heavy atom. The van der Waals surface area contributed by atoms with Crippen LogP contribution < -0.4 is 42.5 Å². The highest BCUT2D eigenvalue weighted by atomic mass is 32.1. The number of carbonyl (C=O) groups is 4. The molecule has 2 saturated carbocycles. The summed E-state index contributed by atoms with van der Waals surface area (Å²) in [6.07, 6.45) is 9.16. The lowest BCUT2D eigenvalue weighted by Crippen LogP contribution is -2.16. The monoisotopic (exact) mass is 1280 g/mol. The van der Waals surface area contributed by atoms with Gasteiger partial charge in [0.15, 0.2) is 0 Å². The van der Waals surface area contributed by atoms with E-state index in [1.807, 2.05) is 112 Å². The van der Waals surface area contributed by atoms with Crippen LogP contribution in [-0.4, -0.2) is 140 Å². The molecule has 0 aromatic carbocycles. The van der Waals surface area contributed by atoms with Gasteiger partial charge in [0.2, 0.25) is 32.3 Å². The standard InChI is InChI=1S/C28H34N10O2S2.C11H16N2O2.C10H14N6S2.C9H12N2O2/c1-37(2)21-12-6-10-19(29-21)15-23(39)31-27-35-33-25(41-27)17-8-5-9-18(14-17)26-34-36-28(42-26)32-24(40)16-20-11-7-13-22(30-20)38(3)4;1-4-15-11(14)8-9-6-5-7-10(12-9)13(2)3;11-9-15-13-7(17-9)5-2-1-3-6(4-5)8-14-16-10(12)18-8;1-2-13-9(12)6-7-4-3-5-8(10)11-7/h6-7,10-13,17-18H,5,8-9,14-16H2,1-4H3,(H,31,35,39)(H,32,36,40);5-7H,4,8H2,1-3H3;5-6H,1-4H2,(H2,11,15)(H2,12,16);3-5H,2,6H2,1H3,(H2,10,11)/t17-,18-;;5-,6-;/m0.0./s1. The Balaban J connectivity index is 0.000000196. The summed E-state index contributed by atoms with van der Waals surface area (Å²) in [5.74, 6) is 3.36. The van der Waals surface area contributed by atoms with Crippen LogP contribution in [0.4, 0.5) is 43.8 Å². The second kappa shape index (κ2) is 33.6. The maximum Gasteiger partial charge on any atom is 0.311 e. The Morgan fingerprint density at radius 2 is 0.784 bits per heavy atom. The van der Waals surface area contributed by atoms with Gasteiger partial charge in [-0.2, -0.15) is 0 Å². The Hall–Kier alpha value is -8.48. The summed E-state index contributed by atoms with van der Waals surface area (Å²) in [6.45, 7) is 4.36. The number of pyridine rings is 4. The maximum absolute atomic E-state index is 12.6. The third-order valence-corrected chi connectivity index (χ3v) is 17.4. The predicted octanol–water partition coefficient (Wildman–Crippen LogP) is 8.13. The van der Waals surface area contributed by atoms with Gasteiger partial charge in [-0.25, -0.2) is 19.9 Å². The number of ether oxygens (including phenoxy) is 2. The smallest absolute Gasteiger partial charge is 0.311 e. The second-order valence-electron chi connectivity index (χ2n) is 21.1. The lowest BCUT2D eigenvalue weighted by atomic mass is 9.82. The van der Waals surface area contributed by atoms with E-state index in [0.717, 1.165) is 88.1 Å². The Labute approximate surface area is 527 Å². The van der Waals surface area contributed by atoms with Crippen LogP contribution in [0.15, 0.2) is 72.8 Å². The van der Waals surface area contributed by atoms with Crippen LogP contribution >= 0.6 is 45.3 Å². The largest absolute Gasteiger partial charge is 0.466 e. The van der Waals surface area contributed by atoms with Crippen LogP contribution in [0.25, 0.3) is 0 Å². The van der Waals surface area contributed by atoms with Gasteiger partial charge in [0.25, 0.3) is 0 Å². The van der Waals surface area contributed by atoms with E-state index in [4.69, 9.17) is 26.7 Å². The summed E-state index contributed by atoms with van der Waals surface area (Å²) in [5, 5.41) is 45.1. The van der Waals surface area contributed by atoms with E-state index in [-0.39, 0.29) is 61.3 Å². The molecule has 2 fully saturated rings. The zero-order valence-electron chi connectivity index (χ0n) is 50.7. The molecule has 88 heavy (non-hydrogen) atoms. The van der Waals surface area contributed by atoms with Gasteiger partial charge in [-0.15, -0.1) is 40.8 Å². The number of anilines is 8. The molecular weight excluding hydrogens is 1200 g/mol. The average molecular weight is 1280 g/mol.